The smallest absolute Gasteiger partial charge is 0.249 e. The molecule has 0 unspecified atom stereocenters. The van der Waals surface area contributed by atoms with Crippen LogP contribution in [0.15, 0.2) is 72.8 Å². The molecule has 1 aromatic heterocycles. The van der Waals surface area contributed by atoms with E-state index in [1.165, 1.54) is 16.5 Å². The quantitative estimate of drug-likeness (QED) is 0.306. The van der Waals surface area contributed by atoms with E-state index in [1.807, 2.05) is 55.5 Å². The molecule has 1 atom stereocenters. The average Bonchev–Trinajstić information content (AvgIpc) is 3.30. The van der Waals surface area contributed by atoms with Crippen molar-refractivity contribution < 1.29 is 14.4 Å². The first-order valence-corrected chi connectivity index (χ1v) is 12.8. The van der Waals surface area contributed by atoms with Gasteiger partial charge in [-0.3, -0.25) is 19.3 Å². The number of nitrogens with zero attached hydrogens (tertiary/aromatic N) is 4. The Morgan fingerprint density at radius 2 is 1.63 bits per heavy atom. The molecular weight excluding hydrogens is 478 g/mol. The van der Waals surface area contributed by atoms with Crippen LogP contribution in [0.25, 0.3) is 11.0 Å². The van der Waals surface area contributed by atoms with E-state index in [1.54, 1.807) is 24.3 Å². The third-order valence-corrected chi connectivity index (χ3v) is 6.45. The van der Waals surface area contributed by atoms with Gasteiger partial charge in [-0.25, -0.2) is 4.68 Å². The van der Waals surface area contributed by atoms with E-state index >= 15 is 0 Å². The number of Topliss-reactive ketones (excluding diaryl/α,β-unsaturated/α-hetero) is 1. The molecule has 0 aliphatic heterocycles. The zero-order valence-electron chi connectivity index (χ0n) is 22.2. The highest BCUT2D eigenvalue weighted by Gasteiger charge is 2.33. The molecule has 1 N–H and O–H groups in total. The van der Waals surface area contributed by atoms with Gasteiger partial charge in [0.05, 0.1) is 5.52 Å². The van der Waals surface area contributed by atoms with Gasteiger partial charge in [0.1, 0.15) is 18.1 Å². The van der Waals surface area contributed by atoms with Crippen LogP contribution in [0.1, 0.15) is 54.7 Å². The summed E-state index contributed by atoms with van der Waals surface area (Å²) in [6, 6.07) is 20.8. The Morgan fingerprint density at radius 3 is 2.29 bits per heavy atom. The van der Waals surface area contributed by atoms with Crippen molar-refractivity contribution in [3.05, 3.63) is 89.5 Å². The summed E-state index contributed by atoms with van der Waals surface area (Å²) in [6.45, 7) is 8.04. The molecule has 8 nitrogen and oxygen atoms in total. The molecule has 196 valence electrons. The highest BCUT2D eigenvalue weighted by molar-refractivity contribution is 6.02. The monoisotopic (exact) mass is 511 g/mol. The van der Waals surface area contributed by atoms with Crippen LogP contribution in [0.5, 0.6) is 0 Å². The Hall–Kier alpha value is -4.33. The molecule has 1 heterocycles. The zero-order chi connectivity index (χ0) is 27.2. The van der Waals surface area contributed by atoms with Crippen LogP contribution < -0.4 is 10.2 Å². The van der Waals surface area contributed by atoms with Crippen LogP contribution >= 0.6 is 0 Å². The van der Waals surface area contributed by atoms with E-state index in [4.69, 9.17) is 0 Å². The molecule has 0 spiro atoms. The van der Waals surface area contributed by atoms with Gasteiger partial charge in [-0.05, 0) is 68.1 Å². The van der Waals surface area contributed by atoms with E-state index in [2.05, 4.69) is 29.5 Å². The molecule has 0 fully saturated rings. The fraction of sp³-hybridized carbons (Fsp3) is 0.300. The molecular formula is C30H33N5O3. The number of ketones is 1. The number of carbonyl (C=O) groups is 3. The number of hydrogen-bond donors (Lipinski definition) is 1. The van der Waals surface area contributed by atoms with Crippen molar-refractivity contribution in [1.29, 1.82) is 0 Å². The number of para-hydroxylation sites is 1. The summed E-state index contributed by atoms with van der Waals surface area (Å²) in [5.41, 5.74) is 4.17. The summed E-state index contributed by atoms with van der Waals surface area (Å²) in [5.74, 6) is -0.265. The zero-order valence-corrected chi connectivity index (χ0v) is 22.2. The minimum absolute atomic E-state index is 0.0787. The maximum Gasteiger partial charge on any atom is 0.249 e. The lowest BCUT2D eigenvalue weighted by Crippen LogP contribution is -2.45. The maximum absolute atomic E-state index is 14.0. The van der Waals surface area contributed by atoms with Gasteiger partial charge in [-0.15, -0.1) is 5.10 Å². The van der Waals surface area contributed by atoms with Gasteiger partial charge >= 0.3 is 0 Å². The second-order valence-corrected chi connectivity index (χ2v) is 9.89. The number of anilines is 1. The minimum atomic E-state index is -0.923. The number of hydrogen-bond acceptors (Lipinski definition) is 5. The molecule has 0 saturated heterocycles. The third kappa shape index (κ3) is 6.14. The molecule has 4 rings (SSSR count). The number of amides is 2. The first-order valence-electron chi connectivity index (χ1n) is 12.8. The molecule has 0 aliphatic carbocycles. The van der Waals surface area contributed by atoms with Gasteiger partial charge in [-0.1, -0.05) is 61.0 Å². The third-order valence-electron chi connectivity index (χ3n) is 6.45. The van der Waals surface area contributed by atoms with E-state index in [0.717, 1.165) is 17.5 Å². The summed E-state index contributed by atoms with van der Waals surface area (Å²) in [6.07, 6.45) is 0.818. The van der Waals surface area contributed by atoms with E-state index in [9.17, 15) is 14.4 Å². The van der Waals surface area contributed by atoms with Crippen LogP contribution in [-0.4, -0.2) is 39.1 Å². The van der Waals surface area contributed by atoms with Crippen LogP contribution in [0, 0.1) is 12.8 Å². The maximum atomic E-state index is 14.0. The van der Waals surface area contributed by atoms with Gasteiger partial charge in [0.25, 0.3) is 0 Å². The fourth-order valence-electron chi connectivity index (χ4n) is 4.28. The van der Waals surface area contributed by atoms with Gasteiger partial charge < -0.3 is 5.32 Å². The summed E-state index contributed by atoms with van der Waals surface area (Å²) in [4.78, 5) is 41.2. The number of rotatable bonds is 10. The highest BCUT2D eigenvalue weighted by Crippen LogP contribution is 2.29. The number of nitrogens with one attached hydrogen (secondary N) is 1. The predicted molar refractivity (Wildman–Crippen MR) is 148 cm³/mol. The van der Waals surface area contributed by atoms with Crippen LogP contribution in [0.2, 0.25) is 0 Å². The Kier molecular flexibility index (Phi) is 8.31. The van der Waals surface area contributed by atoms with Gasteiger partial charge in [0, 0.05) is 17.8 Å². The van der Waals surface area contributed by atoms with E-state index < -0.39 is 6.04 Å². The number of aryl methyl sites for hydroxylation is 1. The Labute approximate surface area is 222 Å². The average molecular weight is 512 g/mol. The molecule has 8 heteroatoms. The van der Waals surface area contributed by atoms with Crippen molar-refractivity contribution >= 4 is 34.3 Å². The molecule has 0 bridgehead atoms. The molecule has 4 aromatic rings. The lowest BCUT2D eigenvalue weighted by atomic mass is 10.0. The fourth-order valence-corrected chi connectivity index (χ4v) is 4.28. The van der Waals surface area contributed by atoms with Crippen molar-refractivity contribution in [3.63, 3.8) is 0 Å². The first-order chi connectivity index (χ1) is 18.2. The Balaban J connectivity index is 1.77. The first kappa shape index (κ1) is 26.7. The normalized spacial score (nSPS) is 11.9. The molecule has 2 amide bonds. The molecule has 38 heavy (non-hydrogen) atoms. The van der Waals surface area contributed by atoms with Gasteiger partial charge in [0.15, 0.2) is 5.78 Å². The second-order valence-electron chi connectivity index (χ2n) is 9.89. The van der Waals surface area contributed by atoms with Crippen LogP contribution in [-0.2, 0) is 16.1 Å². The standard InChI is InChI=1S/C30H33N5O3/c1-20(2)17-18-31-30(38)29(24-11-9-21(3)10-12-24)35(25-15-13-23(14-16-25)22(4)36)28(37)19-34-27-8-6-5-7-26(27)32-33-34/h5-16,20,29H,17-19H2,1-4H3,(H,31,38)/t29-/m0/s1. The van der Waals surface area contributed by atoms with Crippen molar-refractivity contribution in [2.75, 3.05) is 11.4 Å². The molecule has 3 aromatic carbocycles. The summed E-state index contributed by atoms with van der Waals surface area (Å²) in [7, 11) is 0. The van der Waals surface area contributed by atoms with Gasteiger partial charge in [0.2, 0.25) is 11.8 Å². The molecule has 0 saturated carbocycles. The van der Waals surface area contributed by atoms with Crippen molar-refractivity contribution in [2.45, 2.75) is 46.7 Å². The SMILES string of the molecule is CC(=O)c1ccc(N(C(=O)Cn2nnc3ccccc32)[C@H](C(=O)NCCC(C)C)c2ccc(C)cc2)cc1. The molecule has 0 aliphatic rings. The number of aromatic nitrogens is 3. The van der Waals surface area contributed by atoms with Gasteiger partial charge in [-0.2, -0.15) is 0 Å². The summed E-state index contributed by atoms with van der Waals surface area (Å²) >= 11 is 0. The summed E-state index contributed by atoms with van der Waals surface area (Å²) in [5, 5.41) is 11.4. The van der Waals surface area contributed by atoms with Crippen molar-refractivity contribution in [1.82, 2.24) is 20.3 Å². The summed E-state index contributed by atoms with van der Waals surface area (Å²) < 4.78 is 1.54. The van der Waals surface area contributed by atoms with Crippen LogP contribution in [0.3, 0.4) is 0 Å². The number of fused-ring (bicyclic) bond motifs is 1. The minimum Gasteiger partial charge on any atom is -0.354 e. The van der Waals surface area contributed by atoms with Crippen LogP contribution in [0.4, 0.5) is 5.69 Å². The molecule has 0 radical (unpaired) electrons. The topological polar surface area (TPSA) is 97.2 Å². The largest absolute Gasteiger partial charge is 0.354 e. The lowest BCUT2D eigenvalue weighted by Gasteiger charge is -2.32. The number of carbonyl (C=O) groups excluding carboxylic acids is 3. The Bertz CT molecular complexity index is 1420. The van der Waals surface area contributed by atoms with Crippen molar-refractivity contribution in [3.8, 4) is 0 Å². The van der Waals surface area contributed by atoms with E-state index in [-0.39, 0.29) is 24.1 Å². The predicted octanol–water partition coefficient (Wildman–Crippen LogP) is 4.88. The second kappa shape index (κ2) is 11.8. The number of benzene rings is 3. The highest BCUT2D eigenvalue weighted by atomic mass is 16.2. The van der Waals surface area contributed by atoms with Crippen molar-refractivity contribution in [2.24, 2.45) is 5.92 Å². The lowest BCUT2D eigenvalue weighted by molar-refractivity contribution is -0.127. The Morgan fingerprint density at radius 1 is 0.947 bits per heavy atom. The van der Waals surface area contributed by atoms with E-state index in [0.29, 0.717) is 34.8 Å².